The van der Waals surface area contributed by atoms with E-state index in [0.717, 1.165) is 0 Å². The zero-order valence-corrected chi connectivity index (χ0v) is 10.8. The van der Waals surface area contributed by atoms with Crippen LogP contribution in [0.5, 0.6) is 0 Å². The molecule has 15 heavy (non-hydrogen) atoms. The third kappa shape index (κ3) is 4.23. The summed E-state index contributed by atoms with van der Waals surface area (Å²) in [6, 6.07) is 0. The third-order valence-corrected chi connectivity index (χ3v) is 5.55. The molecule has 0 rings (SSSR count). The van der Waals surface area contributed by atoms with Crippen LogP contribution in [0.1, 0.15) is 27.7 Å². The summed E-state index contributed by atoms with van der Waals surface area (Å²) in [4.78, 5) is 0. The van der Waals surface area contributed by atoms with E-state index in [1.165, 1.54) is 0 Å². The van der Waals surface area contributed by atoms with Crippen molar-refractivity contribution in [3.05, 3.63) is 0 Å². The van der Waals surface area contributed by atoms with Gasteiger partial charge in [0.15, 0.2) is 9.84 Å². The largest absolute Gasteiger partial charge is 0.305 e. The van der Waals surface area contributed by atoms with Gasteiger partial charge >= 0.3 is 0 Å². The molecule has 0 aliphatic carbocycles. The molecule has 0 radical (unpaired) electrons. The van der Waals surface area contributed by atoms with Gasteiger partial charge in [-0.1, -0.05) is 19.8 Å². The highest BCUT2D eigenvalue weighted by Crippen LogP contribution is 2.16. The van der Waals surface area contributed by atoms with E-state index >= 15 is 0 Å². The molecule has 0 spiro atoms. The van der Waals surface area contributed by atoms with Crippen molar-refractivity contribution in [3.8, 4) is 12.3 Å². The highest BCUT2D eigenvalue weighted by Gasteiger charge is 2.29. The van der Waals surface area contributed by atoms with Crippen LogP contribution in [-0.2, 0) is 9.84 Å². The van der Waals surface area contributed by atoms with Gasteiger partial charge in [0.05, 0.1) is 17.0 Å². The molecule has 0 bridgehead atoms. The van der Waals surface area contributed by atoms with Crippen molar-refractivity contribution in [1.29, 1.82) is 0 Å². The molecule has 3 nitrogen and oxygen atoms in total. The molecule has 0 heterocycles. The fourth-order valence-corrected chi connectivity index (χ4v) is 3.05. The van der Waals surface area contributed by atoms with E-state index in [1.54, 1.807) is 13.8 Å². The fourth-order valence-electron chi connectivity index (χ4n) is 1.21. The molecule has 88 valence electrons. The molecule has 0 aromatic rings. The van der Waals surface area contributed by atoms with Crippen LogP contribution in [-0.4, -0.2) is 32.0 Å². The van der Waals surface area contributed by atoms with Crippen LogP contribution < -0.4 is 5.32 Å². The van der Waals surface area contributed by atoms with E-state index < -0.39 is 9.84 Å². The zero-order chi connectivity index (χ0) is 12.1. The van der Waals surface area contributed by atoms with Gasteiger partial charge in [-0.05, 0) is 19.8 Å². The second-order valence-corrected chi connectivity index (χ2v) is 6.91. The molecule has 2 unspecified atom stereocenters. The molecule has 0 aromatic carbocycles. The molecule has 0 aromatic heterocycles. The first kappa shape index (κ1) is 14.5. The van der Waals surface area contributed by atoms with Crippen molar-refractivity contribution < 1.29 is 8.42 Å². The Labute approximate surface area is 93.6 Å². The van der Waals surface area contributed by atoms with Crippen LogP contribution in [0.25, 0.3) is 0 Å². The lowest BCUT2D eigenvalue weighted by atomic mass is 10.2. The van der Waals surface area contributed by atoms with Crippen molar-refractivity contribution in [2.75, 3.05) is 13.1 Å². The lowest BCUT2D eigenvalue weighted by molar-refractivity contribution is 0.531. The summed E-state index contributed by atoms with van der Waals surface area (Å²) in [5.41, 5.74) is 0. The lowest BCUT2D eigenvalue weighted by Crippen LogP contribution is -2.38. The Morgan fingerprint density at radius 2 is 1.80 bits per heavy atom. The average Bonchev–Trinajstić information content (AvgIpc) is 2.16. The number of nitrogens with one attached hydrogen (secondary N) is 1. The third-order valence-electron chi connectivity index (χ3n) is 2.68. The van der Waals surface area contributed by atoms with Crippen LogP contribution in [0.15, 0.2) is 0 Å². The molecule has 0 amide bonds. The van der Waals surface area contributed by atoms with E-state index in [2.05, 4.69) is 11.2 Å². The predicted octanol–water partition coefficient (Wildman–Crippen LogP) is 1.06. The van der Waals surface area contributed by atoms with E-state index in [0.29, 0.717) is 13.1 Å². The quantitative estimate of drug-likeness (QED) is 0.549. The minimum Gasteiger partial charge on any atom is -0.305 e. The van der Waals surface area contributed by atoms with Crippen molar-refractivity contribution in [2.24, 2.45) is 5.92 Å². The SMILES string of the molecule is C#CCNCC(C)S(=O)(=O)C(C)C(C)C. The van der Waals surface area contributed by atoms with Crippen molar-refractivity contribution in [1.82, 2.24) is 5.32 Å². The smallest absolute Gasteiger partial charge is 0.156 e. The van der Waals surface area contributed by atoms with Gasteiger partial charge in [-0.15, -0.1) is 6.42 Å². The second-order valence-electron chi connectivity index (χ2n) is 4.18. The van der Waals surface area contributed by atoms with Gasteiger partial charge in [-0.3, -0.25) is 0 Å². The van der Waals surface area contributed by atoms with E-state index in [9.17, 15) is 8.42 Å². The first-order chi connectivity index (χ1) is 6.84. The maximum Gasteiger partial charge on any atom is 0.156 e. The summed E-state index contributed by atoms with van der Waals surface area (Å²) in [6.45, 7) is 8.16. The molecular weight excluding hydrogens is 210 g/mol. The molecular formula is C11H21NO2S. The molecule has 2 atom stereocenters. The van der Waals surface area contributed by atoms with E-state index in [1.807, 2.05) is 13.8 Å². The number of rotatable bonds is 6. The topological polar surface area (TPSA) is 46.2 Å². The van der Waals surface area contributed by atoms with Gasteiger partial charge in [-0.25, -0.2) is 8.42 Å². The number of sulfone groups is 1. The summed E-state index contributed by atoms with van der Waals surface area (Å²) in [7, 11) is -3.05. The number of hydrogen-bond acceptors (Lipinski definition) is 3. The maximum absolute atomic E-state index is 12.0. The Balaban J connectivity index is 4.40. The van der Waals surface area contributed by atoms with Gasteiger partial charge in [0.2, 0.25) is 0 Å². The molecule has 4 heteroatoms. The fraction of sp³-hybridized carbons (Fsp3) is 0.818. The van der Waals surface area contributed by atoms with Gasteiger partial charge in [0, 0.05) is 6.54 Å². The van der Waals surface area contributed by atoms with Crippen LogP contribution in [0, 0.1) is 18.3 Å². The van der Waals surface area contributed by atoms with Gasteiger partial charge in [0.1, 0.15) is 0 Å². The van der Waals surface area contributed by atoms with Gasteiger partial charge in [0.25, 0.3) is 0 Å². The van der Waals surface area contributed by atoms with Gasteiger partial charge < -0.3 is 5.32 Å². The first-order valence-electron chi connectivity index (χ1n) is 5.21. The minimum absolute atomic E-state index is 0.144. The van der Waals surface area contributed by atoms with Crippen molar-refractivity contribution in [3.63, 3.8) is 0 Å². The Morgan fingerprint density at radius 1 is 1.27 bits per heavy atom. The molecule has 0 aliphatic rings. The number of terminal acetylenes is 1. The molecule has 0 fully saturated rings. The summed E-state index contributed by atoms with van der Waals surface area (Å²) >= 11 is 0. The second kappa shape index (κ2) is 6.14. The molecule has 0 saturated heterocycles. The monoisotopic (exact) mass is 231 g/mol. The molecule has 0 saturated carbocycles. The highest BCUT2D eigenvalue weighted by atomic mass is 32.2. The summed E-state index contributed by atoms with van der Waals surface area (Å²) in [5.74, 6) is 2.56. The zero-order valence-electron chi connectivity index (χ0n) is 9.95. The van der Waals surface area contributed by atoms with Crippen LogP contribution >= 0.6 is 0 Å². The summed E-state index contributed by atoms with van der Waals surface area (Å²) in [5, 5.41) is 2.23. The standard InChI is InChI=1S/C11H21NO2S/c1-6-7-12-8-10(4)15(13,14)11(5)9(2)3/h1,9-12H,7-8H2,2-5H3. The van der Waals surface area contributed by atoms with Crippen molar-refractivity contribution in [2.45, 2.75) is 38.2 Å². The maximum atomic E-state index is 12.0. The van der Waals surface area contributed by atoms with E-state index in [4.69, 9.17) is 6.42 Å². The minimum atomic E-state index is -3.05. The van der Waals surface area contributed by atoms with Crippen LogP contribution in [0.2, 0.25) is 0 Å². The van der Waals surface area contributed by atoms with Crippen LogP contribution in [0.4, 0.5) is 0 Å². The average molecular weight is 231 g/mol. The number of hydrogen-bond donors (Lipinski definition) is 1. The van der Waals surface area contributed by atoms with E-state index in [-0.39, 0.29) is 16.4 Å². The van der Waals surface area contributed by atoms with Crippen LogP contribution in [0.3, 0.4) is 0 Å². The highest BCUT2D eigenvalue weighted by molar-refractivity contribution is 7.92. The summed E-state index contributed by atoms with van der Waals surface area (Å²) < 4.78 is 23.9. The Hall–Kier alpha value is -0.530. The molecule has 0 aliphatic heterocycles. The summed E-state index contributed by atoms with van der Waals surface area (Å²) in [6.07, 6.45) is 5.07. The van der Waals surface area contributed by atoms with Crippen molar-refractivity contribution >= 4 is 9.84 Å². The molecule has 1 N–H and O–H groups in total. The lowest BCUT2D eigenvalue weighted by Gasteiger charge is -2.21. The Bertz CT molecular complexity index is 314. The van der Waals surface area contributed by atoms with Gasteiger partial charge in [-0.2, -0.15) is 0 Å². The Morgan fingerprint density at radius 3 is 2.20 bits per heavy atom. The first-order valence-corrected chi connectivity index (χ1v) is 6.81. The Kier molecular flexibility index (Phi) is 5.92. The normalized spacial score (nSPS) is 16.0. The predicted molar refractivity (Wildman–Crippen MR) is 64.4 cm³/mol.